The Balaban J connectivity index is 1.43. The topological polar surface area (TPSA) is 55.6 Å². The van der Waals surface area contributed by atoms with E-state index in [0.29, 0.717) is 11.5 Å². The van der Waals surface area contributed by atoms with Crippen molar-refractivity contribution in [3.05, 3.63) is 95.6 Å². The van der Waals surface area contributed by atoms with Crippen LogP contribution < -0.4 is 10.5 Å². The molecule has 2 atom stereocenters. The fraction of sp³-hybridized carbons (Fsp3) is 0.296. The summed E-state index contributed by atoms with van der Waals surface area (Å²) < 4.78 is 5.99. The Morgan fingerprint density at radius 2 is 1.77 bits per heavy atom. The third-order valence-electron chi connectivity index (χ3n) is 6.66. The molecule has 1 aliphatic heterocycles. The van der Waals surface area contributed by atoms with Gasteiger partial charge in [0.05, 0.1) is 0 Å². The molecule has 1 amide bonds. The highest BCUT2D eigenvalue weighted by atomic mass is 16.5. The molecule has 4 heteroatoms. The zero-order valence-corrected chi connectivity index (χ0v) is 18.3. The summed E-state index contributed by atoms with van der Waals surface area (Å²) in [6, 6.07) is 26.0. The zero-order chi connectivity index (χ0) is 21.8. The molecule has 31 heavy (non-hydrogen) atoms. The SMILES string of the molecule is CC1CN(Cc2cccc(Oc3ccccc3)c2)CCC1(C)c1cccc(C(N)=O)c1. The van der Waals surface area contributed by atoms with Gasteiger partial charge in [0.15, 0.2) is 0 Å². The van der Waals surface area contributed by atoms with Crippen LogP contribution >= 0.6 is 0 Å². The van der Waals surface area contributed by atoms with Crippen LogP contribution in [0.15, 0.2) is 78.9 Å². The zero-order valence-electron chi connectivity index (χ0n) is 18.3. The summed E-state index contributed by atoms with van der Waals surface area (Å²) in [6.45, 7) is 7.52. The lowest BCUT2D eigenvalue weighted by Crippen LogP contribution is -2.47. The lowest BCUT2D eigenvalue weighted by atomic mass is 9.68. The van der Waals surface area contributed by atoms with Crippen molar-refractivity contribution in [2.24, 2.45) is 11.7 Å². The van der Waals surface area contributed by atoms with Gasteiger partial charge < -0.3 is 10.5 Å². The molecule has 2 N–H and O–H groups in total. The predicted octanol–water partition coefficient (Wildman–Crippen LogP) is 5.38. The molecular formula is C27H30N2O2. The summed E-state index contributed by atoms with van der Waals surface area (Å²) in [5.74, 6) is 1.79. The molecule has 0 aliphatic carbocycles. The standard InChI is InChI=1S/C27H30N2O2/c1-20-18-29(15-14-27(20,2)23-10-7-9-22(17-23)26(28)30)19-21-8-6-13-25(16-21)31-24-11-4-3-5-12-24/h3-13,16-17,20H,14-15,18-19H2,1-2H3,(H2,28,30). The van der Waals surface area contributed by atoms with Crippen molar-refractivity contribution in [1.82, 2.24) is 4.90 Å². The monoisotopic (exact) mass is 414 g/mol. The first-order valence-corrected chi connectivity index (χ1v) is 10.9. The molecule has 1 saturated heterocycles. The molecule has 0 saturated carbocycles. The van der Waals surface area contributed by atoms with Gasteiger partial charge >= 0.3 is 0 Å². The van der Waals surface area contributed by atoms with Crippen molar-refractivity contribution in [3.63, 3.8) is 0 Å². The van der Waals surface area contributed by atoms with Gasteiger partial charge in [-0.1, -0.05) is 56.3 Å². The summed E-state index contributed by atoms with van der Waals surface area (Å²) in [5.41, 5.74) is 8.57. The smallest absolute Gasteiger partial charge is 0.248 e. The van der Waals surface area contributed by atoms with Crippen LogP contribution in [-0.4, -0.2) is 23.9 Å². The number of hydrogen-bond donors (Lipinski definition) is 1. The number of nitrogens with zero attached hydrogens (tertiary/aromatic N) is 1. The van der Waals surface area contributed by atoms with Gasteiger partial charge in [-0.05, 0) is 71.8 Å². The van der Waals surface area contributed by atoms with Crippen LogP contribution in [0.4, 0.5) is 0 Å². The van der Waals surface area contributed by atoms with Gasteiger partial charge in [-0.15, -0.1) is 0 Å². The third-order valence-corrected chi connectivity index (χ3v) is 6.66. The molecule has 160 valence electrons. The summed E-state index contributed by atoms with van der Waals surface area (Å²) in [5, 5.41) is 0. The highest BCUT2D eigenvalue weighted by Gasteiger charge is 2.38. The minimum absolute atomic E-state index is 0.0280. The lowest BCUT2D eigenvalue weighted by Gasteiger charge is -2.45. The van der Waals surface area contributed by atoms with E-state index in [-0.39, 0.29) is 11.3 Å². The van der Waals surface area contributed by atoms with E-state index in [1.165, 1.54) is 11.1 Å². The number of primary amides is 1. The second-order valence-electron chi connectivity index (χ2n) is 8.81. The molecule has 2 unspecified atom stereocenters. The number of likely N-dealkylation sites (tertiary alicyclic amines) is 1. The number of piperidine rings is 1. The van der Waals surface area contributed by atoms with E-state index < -0.39 is 0 Å². The van der Waals surface area contributed by atoms with Crippen molar-refractivity contribution in [2.45, 2.75) is 32.2 Å². The summed E-state index contributed by atoms with van der Waals surface area (Å²) in [7, 11) is 0. The summed E-state index contributed by atoms with van der Waals surface area (Å²) in [6.07, 6.45) is 1.04. The Morgan fingerprint density at radius 1 is 1.03 bits per heavy atom. The van der Waals surface area contributed by atoms with Crippen LogP contribution in [0.3, 0.4) is 0 Å². The number of carbonyl (C=O) groups excluding carboxylic acids is 1. The Bertz CT molecular complexity index is 1050. The molecule has 4 rings (SSSR count). The molecule has 0 aromatic heterocycles. The fourth-order valence-electron chi connectivity index (χ4n) is 4.51. The number of benzene rings is 3. The maximum absolute atomic E-state index is 11.6. The van der Waals surface area contributed by atoms with E-state index in [4.69, 9.17) is 10.5 Å². The normalized spacial score (nSPS) is 21.5. The highest BCUT2D eigenvalue weighted by molar-refractivity contribution is 5.92. The summed E-state index contributed by atoms with van der Waals surface area (Å²) in [4.78, 5) is 14.1. The highest BCUT2D eigenvalue weighted by Crippen LogP contribution is 2.40. The molecule has 3 aromatic carbocycles. The molecule has 0 spiro atoms. The summed E-state index contributed by atoms with van der Waals surface area (Å²) >= 11 is 0. The van der Waals surface area contributed by atoms with Crippen molar-refractivity contribution in [3.8, 4) is 11.5 Å². The largest absolute Gasteiger partial charge is 0.457 e. The Labute approximate surface area is 184 Å². The van der Waals surface area contributed by atoms with Gasteiger partial charge in [-0.2, -0.15) is 0 Å². The minimum atomic E-state index is -0.367. The van der Waals surface area contributed by atoms with E-state index in [1.807, 2.05) is 48.5 Å². The quantitative estimate of drug-likeness (QED) is 0.589. The van der Waals surface area contributed by atoms with E-state index in [0.717, 1.165) is 37.6 Å². The fourth-order valence-corrected chi connectivity index (χ4v) is 4.51. The number of hydrogen-bond acceptors (Lipinski definition) is 3. The molecule has 1 fully saturated rings. The maximum Gasteiger partial charge on any atom is 0.248 e. The van der Waals surface area contributed by atoms with Crippen LogP contribution in [0.1, 0.15) is 41.8 Å². The predicted molar refractivity (Wildman–Crippen MR) is 124 cm³/mol. The number of rotatable bonds is 6. The number of para-hydroxylation sites is 1. The second kappa shape index (κ2) is 8.94. The minimum Gasteiger partial charge on any atom is -0.457 e. The van der Waals surface area contributed by atoms with E-state index in [9.17, 15) is 4.79 Å². The second-order valence-corrected chi connectivity index (χ2v) is 8.81. The van der Waals surface area contributed by atoms with Crippen molar-refractivity contribution in [1.29, 1.82) is 0 Å². The van der Waals surface area contributed by atoms with Crippen molar-refractivity contribution >= 4 is 5.91 Å². The van der Waals surface area contributed by atoms with Crippen molar-refractivity contribution in [2.75, 3.05) is 13.1 Å². The van der Waals surface area contributed by atoms with Gasteiger partial charge in [0, 0.05) is 18.7 Å². The molecule has 4 nitrogen and oxygen atoms in total. The van der Waals surface area contributed by atoms with Crippen molar-refractivity contribution < 1.29 is 9.53 Å². The van der Waals surface area contributed by atoms with Gasteiger partial charge in [0.2, 0.25) is 5.91 Å². The molecular weight excluding hydrogens is 384 g/mol. The van der Waals surface area contributed by atoms with Gasteiger partial charge in [0.1, 0.15) is 11.5 Å². The molecule has 1 heterocycles. The van der Waals surface area contributed by atoms with E-state index in [2.05, 4.69) is 43.0 Å². The first-order chi connectivity index (χ1) is 14.9. The maximum atomic E-state index is 11.6. The molecule has 1 aliphatic rings. The first kappa shape index (κ1) is 21.1. The Morgan fingerprint density at radius 3 is 2.52 bits per heavy atom. The van der Waals surface area contributed by atoms with Gasteiger partial charge in [0.25, 0.3) is 0 Å². The number of ether oxygens (including phenoxy) is 1. The average molecular weight is 415 g/mol. The number of carbonyl (C=O) groups is 1. The van der Waals surface area contributed by atoms with Gasteiger partial charge in [-0.3, -0.25) is 9.69 Å². The average Bonchev–Trinajstić information content (AvgIpc) is 2.77. The molecule has 0 radical (unpaired) electrons. The Kier molecular flexibility index (Phi) is 6.10. The first-order valence-electron chi connectivity index (χ1n) is 10.9. The molecule has 0 bridgehead atoms. The van der Waals surface area contributed by atoms with Crippen LogP contribution in [-0.2, 0) is 12.0 Å². The van der Waals surface area contributed by atoms with Gasteiger partial charge in [-0.25, -0.2) is 0 Å². The van der Waals surface area contributed by atoms with Crippen LogP contribution in [0, 0.1) is 5.92 Å². The molecule has 3 aromatic rings. The third kappa shape index (κ3) is 4.80. The van der Waals surface area contributed by atoms with E-state index >= 15 is 0 Å². The number of amides is 1. The van der Waals surface area contributed by atoms with Crippen LogP contribution in [0.2, 0.25) is 0 Å². The van der Waals surface area contributed by atoms with Crippen LogP contribution in [0.25, 0.3) is 0 Å². The van der Waals surface area contributed by atoms with Crippen LogP contribution in [0.5, 0.6) is 11.5 Å². The number of nitrogens with two attached hydrogens (primary N) is 1. The Hall–Kier alpha value is -3.11. The lowest BCUT2D eigenvalue weighted by molar-refractivity contribution is 0.0995. The van der Waals surface area contributed by atoms with E-state index in [1.54, 1.807) is 6.07 Å².